The van der Waals surface area contributed by atoms with Crippen LogP contribution in [0.3, 0.4) is 0 Å². The van der Waals surface area contributed by atoms with Crippen molar-refractivity contribution in [1.82, 2.24) is 4.57 Å². The van der Waals surface area contributed by atoms with E-state index in [0.717, 1.165) is 72.4 Å². The summed E-state index contributed by atoms with van der Waals surface area (Å²) in [4.78, 5) is 2.41. The van der Waals surface area contributed by atoms with Crippen molar-refractivity contribution in [3.8, 4) is 50.2 Å². The van der Waals surface area contributed by atoms with Gasteiger partial charge in [0.1, 0.15) is 11.2 Å². The zero-order valence-electron chi connectivity index (χ0n) is 36.7. The smallest absolute Gasteiger partial charge is 0.138 e. The van der Waals surface area contributed by atoms with Crippen LogP contribution < -0.4 is 4.90 Å². The third kappa shape index (κ3) is 5.83. The number of hydrogen-bond donors (Lipinski definition) is 0. The Kier molecular flexibility index (Phi) is 8.56. The maximum atomic E-state index is 6.77. The molecule has 10 aromatic carbocycles. The third-order valence-electron chi connectivity index (χ3n) is 14.0. The molecule has 0 atom stereocenters. The molecule has 1 aliphatic rings. The van der Waals surface area contributed by atoms with Gasteiger partial charge in [-0.3, -0.25) is 0 Å². The van der Waals surface area contributed by atoms with Crippen molar-refractivity contribution in [2.45, 2.75) is 19.3 Å². The van der Waals surface area contributed by atoms with Crippen LogP contribution in [0, 0.1) is 0 Å². The lowest BCUT2D eigenvalue weighted by molar-refractivity contribution is 0.660. The number of benzene rings is 10. The van der Waals surface area contributed by atoms with E-state index in [2.05, 4.69) is 254 Å². The zero-order chi connectivity index (χ0) is 43.9. The van der Waals surface area contributed by atoms with E-state index in [4.69, 9.17) is 4.42 Å². The van der Waals surface area contributed by atoms with E-state index in [9.17, 15) is 0 Å². The molecular weight excluding hydrogens is 801 g/mol. The lowest BCUT2D eigenvalue weighted by atomic mass is 9.82. The maximum absolute atomic E-state index is 6.77. The molecule has 0 radical (unpaired) electrons. The summed E-state index contributed by atoms with van der Waals surface area (Å²) < 4.78 is 9.24. The molecule has 2 aromatic heterocycles. The average molecular weight is 845 g/mol. The molecule has 3 heteroatoms. The Morgan fingerprint density at radius 2 is 0.985 bits per heavy atom. The number of nitrogens with zero attached hydrogens (tertiary/aromatic N) is 2. The lowest BCUT2D eigenvalue weighted by Crippen LogP contribution is -2.16. The van der Waals surface area contributed by atoms with Gasteiger partial charge < -0.3 is 13.9 Å². The monoisotopic (exact) mass is 844 g/mol. The van der Waals surface area contributed by atoms with Crippen molar-refractivity contribution in [3.05, 3.63) is 242 Å². The van der Waals surface area contributed by atoms with E-state index in [1.54, 1.807) is 0 Å². The summed E-state index contributed by atoms with van der Waals surface area (Å²) in [5, 5.41) is 4.64. The fourth-order valence-electron chi connectivity index (χ4n) is 10.9. The van der Waals surface area contributed by atoms with Crippen LogP contribution in [-0.4, -0.2) is 4.57 Å². The molecule has 1 aliphatic carbocycles. The highest BCUT2D eigenvalue weighted by Gasteiger charge is 2.36. The molecule has 0 saturated heterocycles. The molecule has 0 aliphatic heterocycles. The second-order valence-corrected chi connectivity index (χ2v) is 18.1. The Hall–Kier alpha value is -8.40. The Morgan fingerprint density at radius 3 is 1.79 bits per heavy atom. The van der Waals surface area contributed by atoms with Crippen molar-refractivity contribution >= 4 is 60.8 Å². The summed E-state index contributed by atoms with van der Waals surface area (Å²) in [6.07, 6.45) is 0. The number of hydrogen-bond acceptors (Lipinski definition) is 2. The van der Waals surface area contributed by atoms with Crippen LogP contribution in [0.15, 0.2) is 235 Å². The van der Waals surface area contributed by atoms with Crippen LogP contribution in [-0.2, 0) is 5.41 Å². The molecule has 0 unspecified atom stereocenters. The first-order chi connectivity index (χ1) is 32.5. The summed E-state index contributed by atoms with van der Waals surface area (Å²) in [6.45, 7) is 4.71. The second-order valence-electron chi connectivity index (χ2n) is 18.1. The predicted octanol–water partition coefficient (Wildman–Crippen LogP) is 17.5. The molecule has 312 valence electrons. The van der Waals surface area contributed by atoms with Gasteiger partial charge in [0.2, 0.25) is 0 Å². The SMILES string of the molecule is CC1(C)c2ccccc2-c2ccc(N(c3ccccc3)c3cccc(-c4cccc5c6c(-c7ccccc7)c7c(cc6n(-c6ccc(-c8ccccc8)cc6)c45)oc4ccccc47)c3)cc21. The van der Waals surface area contributed by atoms with Gasteiger partial charge in [-0.05, 0) is 99.1 Å². The Bertz CT molecular complexity index is 3820. The average Bonchev–Trinajstić information content (AvgIpc) is 3.99. The predicted molar refractivity (Wildman–Crippen MR) is 277 cm³/mol. The third-order valence-corrected chi connectivity index (χ3v) is 14.0. The molecule has 0 amide bonds. The van der Waals surface area contributed by atoms with Crippen LogP contribution in [0.5, 0.6) is 0 Å². The summed E-state index contributed by atoms with van der Waals surface area (Å²) in [6, 6.07) is 83.8. The Labute approximate surface area is 384 Å². The van der Waals surface area contributed by atoms with Gasteiger partial charge in [0.15, 0.2) is 0 Å². The van der Waals surface area contributed by atoms with Gasteiger partial charge in [-0.2, -0.15) is 0 Å². The van der Waals surface area contributed by atoms with Gasteiger partial charge in [-0.1, -0.05) is 184 Å². The van der Waals surface area contributed by atoms with Crippen LogP contribution in [0.2, 0.25) is 0 Å². The highest BCUT2D eigenvalue weighted by molar-refractivity contribution is 6.28. The first kappa shape index (κ1) is 38.1. The van der Waals surface area contributed by atoms with Crippen molar-refractivity contribution in [2.24, 2.45) is 0 Å². The minimum atomic E-state index is -0.125. The normalized spacial score (nSPS) is 12.8. The summed E-state index contributed by atoms with van der Waals surface area (Å²) in [5.41, 5.74) is 20.6. The summed E-state index contributed by atoms with van der Waals surface area (Å²) >= 11 is 0. The Balaban J connectivity index is 1.07. The van der Waals surface area contributed by atoms with Crippen LogP contribution in [0.25, 0.3) is 93.9 Å². The van der Waals surface area contributed by atoms with Gasteiger partial charge in [0.05, 0.1) is 11.0 Å². The fraction of sp³-hybridized carbons (Fsp3) is 0.0476. The van der Waals surface area contributed by atoms with Gasteiger partial charge in [0.25, 0.3) is 0 Å². The van der Waals surface area contributed by atoms with Crippen molar-refractivity contribution in [1.29, 1.82) is 0 Å². The van der Waals surface area contributed by atoms with E-state index in [1.165, 1.54) is 49.7 Å². The highest BCUT2D eigenvalue weighted by atomic mass is 16.3. The minimum Gasteiger partial charge on any atom is -0.456 e. The van der Waals surface area contributed by atoms with Crippen molar-refractivity contribution < 1.29 is 4.42 Å². The molecule has 3 nitrogen and oxygen atoms in total. The van der Waals surface area contributed by atoms with Gasteiger partial charge >= 0.3 is 0 Å². The molecule has 13 rings (SSSR count). The second kappa shape index (κ2) is 14.8. The van der Waals surface area contributed by atoms with Crippen LogP contribution in [0.1, 0.15) is 25.0 Å². The number of para-hydroxylation sites is 3. The van der Waals surface area contributed by atoms with E-state index in [-0.39, 0.29) is 5.41 Å². The molecule has 0 saturated carbocycles. The molecule has 0 fully saturated rings. The molecule has 0 bridgehead atoms. The molecule has 12 aromatic rings. The molecule has 66 heavy (non-hydrogen) atoms. The minimum absolute atomic E-state index is 0.125. The number of fused-ring (bicyclic) bond motifs is 9. The van der Waals surface area contributed by atoms with E-state index in [1.807, 2.05) is 0 Å². The zero-order valence-corrected chi connectivity index (χ0v) is 36.7. The van der Waals surface area contributed by atoms with Gasteiger partial charge in [-0.15, -0.1) is 0 Å². The van der Waals surface area contributed by atoms with Crippen LogP contribution >= 0.6 is 0 Å². The van der Waals surface area contributed by atoms with E-state index in [0.29, 0.717) is 0 Å². The topological polar surface area (TPSA) is 21.3 Å². The lowest BCUT2D eigenvalue weighted by Gasteiger charge is -2.28. The summed E-state index contributed by atoms with van der Waals surface area (Å²) in [5.74, 6) is 0. The molecule has 0 spiro atoms. The van der Waals surface area contributed by atoms with Crippen molar-refractivity contribution in [3.63, 3.8) is 0 Å². The number of anilines is 3. The highest BCUT2D eigenvalue weighted by Crippen LogP contribution is 2.52. The van der Waals surface area contributed by atoms with Gasteiger partial charge in [0, 0.05) is 66.9 Å². The van der Waals surface area contributed by atoms with Crippen LogP contribution in [0.4, 0.5) is 17.1 Å². The first-order valence-electron chi connectivity index (χ1n) is 22.8. The van der Waals surface area contributed by atoms with Crippen molar-refractivity contribution in [2.75, 3.05) is 4.90 Å². The fourth-order valence-corrected chi connectivity index (χ4v) is 10.9. The molecule has 2 heterocycles. The number of rotatable bonds is 7. The van der Waals surface area contributed by atoms with E-state index < -0.39 is 0 Å². The largest absolute Gasteiger partial charge is 0.456 e. The van der Waals surface area contributed by atoms with Gasteiger partial charge in [-0.25, -0.2) is 0 Å². The van der Waals surface area contributed by atoms with E-state index >= 15 is 0 Å². The number of furan rings is 1. The summed E-state index contributed by atoms with van der Waals surface area (Å²) in [7, 11) is 0. The first-order valence-corrected chi connectivity index (χ1v) is 22.8. The Morgan fingerprint density at radius 1 is 0.394 bits per heavy atom. The maximum Gasteiger partial charge on any atom is 0.138 e. The standard InChI is InChI=1S/C63H44N2O/c1-63(2)54-30-14-12-26-50(54)51-37-36-48(39-55(51)63)64(45-23-10-5-11-24-45)47-25-16-22-44(38-47)49-28-17-29-53-60-56(65(62(49)53)46-34-32-42(33-35-46)41-18-6-3-7-19-41)40-58-61(52-27-13-15-31-57(52)66-58)59(60)43-20-8-4-9-21-43/h3-40H,1-2H3. The molecular formula is C63H44N2O. The molecule has 0 N–H and O–H groups in total. The number of aromatic nitrogens is 1. The quantitative estimate of drug-likeness (QED) is 0.159.